The summed E-state index contributed by atoms with van der Waals surface area (Å²) in [5.74, 6) is 0.667. The van der Waals surface area contributed by atoms with E-state index >= 15 is 0 Å². The minimum atomic E-state index is -3.75. The van der Waals surface area contributed by atoms with Crippen LogP contribution >= 0.6 is 0 Å². The van der Waals surface area contributed by atoms with Crippen LogP contribution in [0.5, 0.6) is 11.5 Å². The Morgan fingerprint density at radius 3 is 2.63 bits per heavy atom. The highest BCUT2D eigenvalue weighted by atomic mass is 32.2. The highest BCUT2D eigenvalue weighted by Gasteiger charge is 2.21. The molecule has 0 spiro atoms. The van der Waals surface area contributed by atoms with Gasteiger partial charge in [-0.2, -0.15) is 0 Å². The van der Waals surface area contributed by atoms with E-state index in [4.69, 9.17) is 4.74 Å². The van der Waals surface area contributed by atoms with E-state index in [1.807, 2.05) is 6.92 Å². The fraction of sp³-hybridized carbons (Fsp3) is 0.100. The van der Waals surface area contributed by atoms with E-state index in [9.17, 15) is 13.5 Å². The van der Waals surface area contributed by atoms with Gasteiger partial charge in [-0.3, -0.25) is 4.72 Å². The molecule has 0 amide bonds. The number of para-hydroxylation sites is 1. The number of phenols is 1. The summed E-state index contributed by atoms with van der Waals surface area (Å²) >= 11 is 0. The maximum absolute atomic E-state index is 12.8. The van der Waals surface area contributed by atoms with Gasteiger partial charge in [0.25, 0.3) is 10.0 Å². The summed E-state index contributed by atoms with van der Waals surface area (Å²) in [6.07, 6.45) is 0. The summed E-state index contributed by atoms with van der Waals surface area (Å²) in [6, 6.07) is 16.7. The minimum Gasteiger partial charge on any atom is -0.508 e. The Kier molecular flexibility index (Phi) is 4.16. The van der Waals surface area contributed by atoms with Gasteiger partial charge in [0.2, 0.25) is 0 Å². The first-order valence-corrected chi connectivity index (χ1v) is 9.85. The zero-order valence-corrected chi connectivity index (χ0v) is 15.4. The zero-order chi connectivity index (χ0) is 19.0. The lowest BCUT2D eigenvalue weighted by Gasteiger charge is -2.15. The van der Waals surface area contributed by atoms with Crippen LogP contribution in [0.4, 0.5) is 17.1 Å². The van der Waals surface area contributed by atoms with Crippen LogP contribution in [0.25, 0.3) is 0 Å². The van der Waals surface area contributed by atoms with Gasteiger partial charge in [0.15, 0.2) is 0 Å². The second-order valence-corrected chi connectivity index (χ2v) is 8.03. The van der Waals surface area contributed by atoms with E-state index in [0.717, 1.165) is 16.8 Å². The Hall–Kier alpha value is -3.19. The van der Waals surface area contributed by atoms with Crippen LogP contribution in [0.3, 0.4) is 0 Å². The zero-order valence-electron chi connectivity index (χ0n) is 14.6. The molecule has 6 nitrogen and oxygen atoms in total. The van der Waals surface area contributed by atoms with Crippen molar-refractivity contribution in [2.45, 2.75) is 18.4 Å². The van der Waals surface area contributed by atoms with E-state index in [2.05, 4.69) is 10.0 Å². The number of rotatable bonds is 3. The number of sulfonamides is 1. The number of aromatic hydroxyl groups is 1. The van der Waals surface area contributed by atoms with Gasteiger partial charge < -0.3 is 15.2 Å². The third kappa shape index (κ3) is 3.41. The first kappa shape index (κ1) is 17.2. The molecule has 1 aliphatic heterocycles. The fourth-order valence-electron chi connectivity index (χ4n) is 2.90. The maximum Gasteiger partial charge on any atom is 0.261 e. The molecule has 0 fully saturated rings. The molecule has 0 atom stereocenters. The molecule has 4 rings (SSSR count). The quantitative estimate of drug-likeness (QED) is 0.593. The number of phenolic OH excluding ortho intramolecular Hbond substituents is 1. The van der Waals surface area contributed by atoms with E-state index in [-0.39, 0.29) is 17.3 Å². The van der Waals surface area contributed by atoms with Crippen LogP contribution in [-0.4, -0.2) is 13.5 Å². The van der Waals surface area contributed by atoms with Crippen molar-refractivity contribution < 1.29 is 18.3 Å². The summed E-state index contributed by atoms with van der Waals surface area (Å²) < 4.78 is 34.0. The standard InChI is InChI=1S/C20H18N2O4S/c1-13-5-8-16(9-6-13)27(24,25)22-18-3-2-4-19-20(18)21-17-10-7-15(23)11-14(17)12-26-19/h2-11,21-23H,12H2,1H3. The number of ether oxygens (including phenoxy) is 1. The van der Waals surface area contributed by atoms with E-state index in [0.29, 0.717) is 17.1 Å². The first-order valence-electron chi connectivity index (χ1n) is 8.36. The number of aryl methyl sites for hydroxylation is 1. The van der Waals surface area contributed by atoms with Crippen LogP contribution in [0.2, 0.25) is 0 Å². The largest absolute Gasteiger partial charge is 0.508 e. The third-order valence-corrected chi connectivity index (χ3v) is 5.71. The monoisotopic (exact) mass is 382 g/mol. The molecule has 138 valence electrons. The molecule has 1 aliphatic rings. The van der Waals surface area contributed by atoms with Crippen LogP contribution in [-0.2, 0) is 16.6 Å². The van der Waals surface area contributed by atoms with Crippen LogP contribution in [0.1, 0.15) is 11.1 Å². The minimum absolute atomic E-state index is 0.144. The molecule has 3 aromatic rings. The summed E-state index contributed by atoms with van der Waals surface area (Å²) in [4.78, 5) is 0.186. The number of nitrogens with one attached hydrogen (secondary N) is 2. The molecule has 0 aromatic heterocycles. The lowest BCUT2D eigenvalue weighted by atomic mass is 10.1. The van der Waals surface area contributed by atoms with Gasteiger partial charge >= 0.3 is 0 Å². The van der Waals surface area contributed by atoms with Crippen molar-refractivity contribution in [1.29, 1.82) is 0 Å². The lowest BCUT2D eigenvalue weighted by Crippen LogP contribution is -2.14. The molecule has 0 saturated carbocycles. The molecular formula is C20H18N2O4S. The topological polar surface area (TPSA) is 87.7 Å². The van der Waals surface area contributed by atoms with Gasteiger partial charge in [-0.05, 0) is 49.4 Å². The fourth-order valence-corrected chi connectivity index (χ4v) is 3.97. The Labute approximate surface area is 157 Å². The Morgan fingerprint density at radius 1 is 1.07 bits per heavy atom. The van der Waals surface area contributed by atoms with E-state index in [1.54, 1.807) is 60.7 Å². The predicted molar refractivity (Wildman–Crippen MR) is 104 cm³/mol. The average molecular weight is 382 g/mol. The van der Waals surface area contributed by atoms with E-state index < -0.39 is 10.0 Å². The Morgan fingerprint density at radius 2 is 1.85 bits per heavy atom. The van der Waals surface area contributed by atoms with Crippen molar-refractivity contribution in [3.63, 3.8) is 0 Å². The highest BCUT2D eigenvalue weighted by Crippen LogP contribution is 2.40. The third-order valence-electron chi connectivity index (χ3n) is 4.33. The van der Waals surface area contributed by atoms with Crippen molar-refractivity contribution >= 4 is 27.1 Å². The average Bonchev–Trinajstić information content (AvgIpc) is 2.82. The van der Waals surface area contributed by atoms with Gasteiger partial charge in [0.05, 0.1) is 10.6 Å². The van der Waals surface area contributed by atoms with Gasteiger partial charge in [-0.15, -0.1) is 0 Å². The molecule has 0 radical (unpaired) electrons. The molecule has 0 aliphatic carbocycles. The first-order chi connectivity index (χ1) is 12.9. The normalized spacial score (nSPS) is 12.8. The molecule has 0 saturated heterocycles. The predicted octanol–water partition coefficient (Wildman–Crippen LogP) is 4.14. The van der Waals surface area contributed by atoms with Crippen LogP contribution in [0, 0.1) is 6.92 Å². The molecular weight excluding hydrogens is 364 g/mol. The summed E-state index contributed by atoms with van der Waals surface area (Å²) in [5, 5.41) is 12.9. The Balaban J connectivity index is 1.72. The molecule has 0 unspecified atom stereocenters. The van der Waals surface area contributed by atoms with Gasteiger partial charge in [0.1, 0.15) is 23.8 Å². The van der Waals surface area contributed by atoms with E-state index in [1.165, 1.54) is 0 Å². The van der Waals surface area contributed by atoms with Crippen molar-refractivity contribution in [3.8, 4) is 11.5 Å². The van der Waals surface area contributed by atoms with Crippen molar-refractivity contribution in [1.82, 2.24) is 0 Å². The summed E-state index contributed by atoms with van der Waals surface area (Å²) in [6.45, 7) is 2.16. The van der Waals surface area contributed by atoms with Gasteiger partial charge in [0, 0.05) is 11.3 Å². The van der Waals surface area contributed by atoms with Crippen LogP contribution in [0.15, 0.2) is 65.6 Å². The number of hydrogen-bond acceptors (Lipinski definition) is 5. The SMILES string of the molecule is Cc1ccc(S(=O)(=O)Nc2cccc3c2Nc2ccc(O)cc2CO3)cc1. The number of hydrogen-bond donors (Lipinski definition) is 3. The maximum atomic E-state index is 12.8. The van der Waals surface area contributed by atoms with Crippen molar-refractivity contribution in [2.75, 3.05) is 10.0 Å². The van der Waals surface area contributed by atoms with Crippen molar-refractivity contribution in [2.24, 2.45) is 0 Å². The highest BCUT2D eigenvalue weighted by molar-refractivity contribution is 7.92. The summed E-state index contributed by atoms with van der Waals surface area (Å²) in [7, 11) is -3.75. The molecule has 3 N–H and O–H groups in total. The molecule has 7 heteroatoms. The second kappa shape index (κ2) is 6.51. The molecule has 1 heterocycles. The molecule has 3 aromatic carbocycles. The van der Waals surface area contributed by atoms with Crippen molar-refractivity contribution in [3.05, 3.63) is 71.8 Å². The van der Waals surface area contributed by atoms with Gasteiger partial charge in [-0.25, -0.2) is 8.42 Å². The molecule has 0 bridgehead atoms. The summed E-state index contributed by atoms with van der Waals surface area (Å²) in [5.41, 5.74) is 3.41. The Bertz CT molecular complexity index is 1110. The lowest BCUT2D eigenvalue weighted by molar-refractivity contribution is 0.310. The van der Waals surface area contributed by atoms with Gasteiger partial charge in [-0.1, -0.05) is 23.8 Å². The number of anilines is 3. The number of benzene rings is 3. The number of fused-ring (bicyclic) bond motifs is 2. The smallest absolute Gasteiger partial charge is 0.261 e. The second-order valence-electron chi connectivity index (χ2n) is 6.35. The molecule has 27 heavy (non-hydrogen) atoms. The van der Waals surface area contributed by atoms with Crippen LogP contribution < -0.4 is 14.8 Å².